The zero-order chi connectivity index (χ0) is 18.1. The van der Waals surface area contributed by atoms with Gasteiger partial charge in [-0.3, -0.25) is 0 Å². The molecule has 4 heteroatoms. The number of ether oxygens (including phenoxy) is 1. The Bertz CT molecular complexity index is 636. The first kappa shape index (κ1) is 19.7. The Kier molecular flexibility index (Phi) is 7.73. The Morgan fingerprint density at radius 3 is 2.64 bits per heavy atom. The van der Waals surface area contributed by atoms with E-state index >= 15 is 0 Å². The fourth-order valence-electron chi connectivity index (χ4n) is 2.97. The van der Waals surface area contributed by atoms with Crippen LogP contribution < -0.4 is 0 Å². The first-order chi connectivity index (χ1) is 12.1. The van der Waals surface area contributed by atoms with Crippen molar-refractivity contribution in [2.75, 3.05) is 6.61 Å². The van der Waals surface area contributed by atoms with Crippen molar-refractivity contribution in [3.05, 3.63) is 53.1 Å². The van der Waals surface area contributed by atoms with Crippen LogP contribution in [0.15, 0.2) is 42.5 Å². The molecule has 1 aliphatic rings. The summed E-state index contributed by atoms with van der Waals surface area (Å²) in [5.74, 6) is -0.934. The molecule has 1 unspecified atom stereocenters. The zero-order valence-electron chi connectivity index (χ0n) is 14.8. The second-order valence-corrected chi connectivity index (χ2v) is 6.95. The monoisotopic (exact) mass is 362 g/mol. The largest absolute Gasteiger partial charge is 0.479 e. The van der Waals surface area contributed by atoms with Gasteiger partial charge in [-0.05, 0) is 35.8 Å². The molecule has 0 spiro atoms. The fourth-order valence-corrected chi connectivity index (χ4v) is 3.16. The van der Waals surface area contributed by atoms with E-state index in [1.807, 2.05) is 36.4 Å². The van der Waals surface area contributed by atoms with Crippen molar-refractivity contribution in [3.8, 4) is 0 Å². The average molecular weight is 363 g/mol. The maximum absolute atomic E-state index is 11.8. The lowest BCUT2D eigenvalue weighted by Gasteiger charge is -2.28. The smallest absolute Gasteiger partial charge is 0.340 e. The maximum atomic E-state index is 11.8. The highest BCUT2D eigenvalue weighted by molar-refractivity contribution is 6.30. The molecule has 1 aromatic rings. The van der Waals surface area contributed by atoms with Crippen LogP contribution in [0.5, 0.6) is 0 Å². The van der Waals surface area contributed by atoms with Crippen molar-refractivity contribution in [2.24, 2.45) is 0 Å². The lowest BCUT2D eigenvalue weighted by molar-refractivity contribution is -0.159. The third kappa shape index (κ3) is 5.72. The van der Waals surface area contributed by atoms with Crippen LogP contribution >= 0.6 is 11.6 Å². The predicted molar refractivity (Wildman–Crippen MR) is 103 cm³/mol. The standard InChI is InChI=1S/C21H27ClO3/c1-2-3-4-5-6-7-15-25-21(20(23)24)13-11-17(12-14-21)18-9-8-10-19(22)16-18/h8-13,16H,2-7,14-15H2,1H3,(H,23,24). The molecule has 0 aromatic heterocycles. The van der Waals surface area contributed by atoms with Crippen molar-refractivity contribution >= 4 is 23.1 Å². The Hall–Kier alpha value is -1.58. The van der Waals surface area contributed by atoms with Crippen LogP contribution in [0, 0.1) is 0 Å². The number of allylic oxidation sites excluding steroid dienone is 2. The minimum atomic E-state index is -1.24. The minimum Gasteiger partial charge on any atom is -0.479 e. The number of unbranched alkanes of at least 4 members (excludes halogenated alkanes) is 5. The quantitative estimate of drug-likeness (QED) is 0.528. The molecule has 2 rings (SSSR count). The molecule has 0 bridgehead atoms. The van der Waals surface area contributed by atoms with E-state index in [4.69, 9.17) is 16.3 Å². The van der Waals surface area contributed by atoms with Crippen LogP contribution in [0.3, 0.4) is 0 Å². The summed E-state index contributed by atoms with van der Waals surface area (Å²) in [6.45, 7) is 2.67. The first-order valence-corrected chi connectivity index (χ1v) is 9.48. The van der Waals surface area contributed by atoms with Gasteiger partial charge in [0.05, 0.1) is 0 Å². The second-order valence-electron chi connectivity index (χ2n) is 6.52. The van der Waals surface area contributed by atoms with Gasteiger partial charge in [0.25, 0.3) is 0 Å². The van der Waals surface area contributed by atoms with Crippen LogP contribution in [-0.4, -0.2) is 23.3 Å². The van der Waals surface area contributed by atoms with E-state index in [0.29, 0.717) is 18.1 Å². The van der Waals surface area contributed by atoms with Gasteiger partial charge in [0.15, 0.2) is 5.60 Å². The summed E-state index contributed by atoms with van der Waals surface area (Å²) in [5.41, 5.74) is 0.715. The first-order valence-electron chi connectivity index (χ1n) is 9.10. The van der Waals surface area contributed by atoms with E-state index in [9.17, 15) is 9.90 Å². The van der Waals surface area contributed by atoms with E-state index in [0.717, 1.165) is 24.0 Å². The molecule has 0 saturated heterocycles. The SMILES string of the molecule is CCCCCCCCOC1(C(=O)O)C=CC(c2cccc(Cl)c2)=CC1. The average Bonchev–Trinajstić information content (AvgIpc) is 2.61. The molecule has 3 nitrogen and oxygen atoms in total. The summed E-state index contributed by atoms with van der Waals surface area (Å²) in [6.07, 6.45) is 12.6. The van der Waals surface area contributed by atoms with Crippen molar-refractivity contribution in [1.29, 1.82) is 0 Å². The predicted octanol–water partition coefficient (Wildman–Crippen LogP) is 5.88. The minimum absolute atomic E-state index is 0.330. The molecule has 25 heavy (non-hydrogen) atoms. The molecule has 1 aromatic carbocycles. The van der Waals surface area contributed by atoms with E-state index in [1.54, 1.807) is 6.08 Å². The van der Waals surface area contributed by atoms with Gasteiger partial charge in [-0.15, -0.1) is 0 Å². The van der Waals surface area contributed by atoms with Gasteiger partial charge in [-0.25, -0.2) is 4.79 Å². The highest BCUT2D eigenvalue weighted by atomic mass is 35.5. The highest BCUT2D eigenvalue weighted by Crippen LogP contribution is 2.31. The molecule has 0 radical (unpaired) electrons. The lowest BCUT2D eigenvalue weighted by atomic mass is 9.89. The number of aliphatic carboxylic acids is 1. The molecule has 1 N–H and O–H groups in total. The molecular weight excluding hydrogens is 336 g/mol. The Balaban J connectivity index is 1.90. The molecule has 0 amide bonds. The molecule has 0 saturated carbocycles. The molecule has 0 heterocycles. The number of benzene rings is 1. The number of halogens is 1. The van der Waals surface area contributed by atoms with Gasteiger partial charge in [0, 0.05) is 18.1 Å². The number of carbonyl (C=O) groups is 1. The van der Waals surface area contributed by atoms with Crippen molar-refractivity contribution < 1.29 is 14.6 Å². The van der Waals surface area contributed by atoms with Gasteiger partial charge < -0.3 is 9.84 Å². The van der Waals surface area contributed by atoms with E-state index < -0.39 is 11.6 Å². The van der Waals surface area contributed by atoms with Crippen molar-refractivity contribution in [2.45, 2.75) is 57.5 Å². The van der Waals surface area contributed by atoms with Gasteiger partial charge in [0.2, 0.25) is 0 Å². The summed E-state index contributed by atoms with van der Waals surface area (Å²) in [6, 6.07) is 7.55. The molecular formula is C21H27ClO3. The highest BCUT2D eigenvalue weighted by Gasteiger charge is 2.37. The fraction of sp³-hybridized carbons (Fsp3) is 0.476. The third-order valence-electron chi connectivity index (χ3n) is 4.53. The summed E-state index contributed by atoms with van der Waals surface area (Å²) in [7, 11) is 0. The molecule has 1 atom stereocenters. The zero-order valence-corrected chi connectivity index (χ0v) is 15.6. The van der Waals surface area contributed by atoms with Crippen LogP contribution in [0.25, 0.3) is 5.57 Å². The van der Waals surface area contributed by atoms with Crippen molar-refractivity contribution in [3.63, 3.8) is 0 Å². The number of hydrogen-bond donors (Lipinski definition) is 1. The summed E-state index contributed by atoms with van der Waals surface area (Å²) < 4.78 is 5.79. The number of carboxylic acid groups (broad SMARTS) is 1. The summed E-state index contributed by atoms with van der Waals surface area (Å²) in [5, 5.41) is 10.3. The molecule has 0 fully saturated rings. The summed E-state index contributed by atoms with van der Waals surface area (Å²) >= 11 is 6.03. The van der Waals surface area contributed by atoms with E-state index in [2.05, 4.69) is 6.92 Å². The van der Waals surface area contributed by atoms with Crippen LogP contribution in [0.2, 0.25) is 5.02 Å². The van der Waals surface area contributed by atoms with Gasteiger partial charge in [-0.2, -0.15) is 0 Å². The van der Waals surface area contributed by atoms with Crippen molar-refractivity contribution in [1.82, 2.24) is 0 Å². The molecule has 0 aliphatic heterocycles. The van der Waals surface area contributed by atoms with Crippen LogP contribution in [-0.2, 0) is 9.53 Å². The Morgan fingerprint density at radius 2 is 2.00 bits per heavy atom. The number of rotatable bonds is 10. The second kappa shape index (κ2) is 9.79. The molecule has 1 aliphatic carbocycles. The summed E-state index contributed by atoms with van der Waals surface area (Å²) in [4.78, 5) is 11.8. The van der Waals surface area contributed by atoms with Gasteiger partial charge in [-0.1, -0.05) is 74.9 Å². The third-order valence-corrected chi connectivity index (χ3v) is 4.77. The van der Waals surface area contributed by atoms with Crippen LogP contribution in [0.4, 0.5) is 0 Å². The Labute approximate surface area is 155 Å². The Morgan fingerprint density at radius 1 is 1.24 bits per heavy atom. The normalized spacial score (nSPS) is 19.7. The topological polar surface area (TPSA) is 46.5 Å². The van der Waals surface area contributed by atoms with Gasteiger partial charge >= 0.3 is 5.97 Å². The van der Waals surface area contributed by atoms with Gasteiger partial charge in [0.1, 0.15) is 0 Å². The van der Waals surface area contributed by atoms with E-state index in [-0.39, 0.29) is 0 Å². The number of hydrogen-bond acceptors (Lipinski definition) is 2. The van der Waals surface area contributed by atoms with E-state index in [1.165, 1.54) is 25.7 Å². The van der Waals surface area contributed by atoms with Crippen LogP contribution in [0.1, 0.15) is 57.4 Å². The number of carboxylic acids is 1. The lowest BCUT2D eigenvalue weighted by Crippen LogP contribution is -2.40. The maximum Gasteiger partial charge on any atom is 0.340 e. The molecule has 136 valence electrons.